The lowest BCUT2D eigenvalue weighted by molar-refractivity contribution is 0.0692. The van der Waals surface area contributed by atoms with Gasteiger partial charge in [0.2, 0.25) is 0 Å². The van der Waals surface area contributed by atoms with Crippen molar-refractivity contribution < 1.29 is 19.1 Å². The van der Waals surface area contributed by atoms with Gasteiger partial charge in [0.15, 0.2) is 5.78 Å². The molecular formula is C14H8ClFO3. The molecule has 0 atom stereocenters. The predicted molar refractivity (Wildman–Crippen MR) is 68.2 cm³/mol. The zero-order valence-electron chi connectivity index (χ0n) is 9.56. The van der Waals surface area contributed by atoms with Crippen LogP contribution in [0, 0.1) is 5.82 Å². The standard InChI is InChI=1S/C14H8ClFO3/c15-8-5-6-9(14(18)19)11(7-8)13(17)10-3-1-2-4-12(10)16/h1-7H,(H,18,19). The Labute approximate surface area is 113 Å². The molecule has 0 aliphatic carbocycles. The number of aromatic carboxylic acids is 1. The lowest BCUT2D eigenvalue weighted by Gasteiger charge is -2.06. The minimum absolute atomic E-state index is 0.134. The maximum absolute atomic E-state index is 13.6. The van der Waals surface area contributed by atoms with Gasteiger partial charge in [0.25, 0.3) is 0 Å². The Morgan fingerprint density at radius 3 is 2.32 bits per heavy atom. The molecule has 0 unspecified atom stereocenters. The van der Waals surface area contributed by atoms with Crippen molar-refractivity contribution in [2.45, 2.75) is 0 Å². The molecule has 19 heavy (non-hydrogen) atoms. The molecule has 0 saturated carbocycles. The topological polar surface area (TPSA) is 54.4 Å². The second-order valence-electron chi connectivity index (χ2n) is 3.80. The second kappa shape index (κ2) is 5.20. The van der Waals surface area contributed by atoms with Gasteiger partial charge < -0.3 is 5.11 Å². The van der Waals surface area contributed by atoms with E-state index < -0.39 is 17.6 Å². The van der Waals surface area contributed by atoms with Crippen LogP contribution in [0.1, 0.15) is 26.3 Å². The highest BCUT2D eigenvalue weighted by atomic mass is 35.5. The van der Waals surface area contributed by atoms with E-state index in [0.717, 1.165) is 6.07 Å². The summed E-state index contributed by atoms with van der Waals surface area (Å²) < 4.78 is 13.6. The molecule has 0 radical (unpaired) electrons. The quantitative estimate of drug-likeness (QED) is 0.876. The molecule has 0 aromatic heterocycles. The lowest BCUT2D eigenvalue weighted by atomic mass is 9.98. The number of carbonyl (C=O) groups excluding carboxylic acids is 1. The molecule has 2 aromatic rings. The maximum atomic E-state index is 13.6. The highest BCUT2D eigenvalue weighted by Crippen LogP contribution is 2.21. The SMILES string of the molecule is O=C(O)c1ccc(Cl)cc1C(=O)c1ccccc1F. The van der Waals surface area contributed by atoms with E-state index in [4.69, 9.17) is 16.7 Å². The van der Waals surface area contributed by atoms with Gasteiger partial charge in [-0.25, -0.2) is 9.18 Å². The number of carboxylic acid groups (broad SMARTS) is 1. The molecule has 2 rings (SSSR count). The Balaban J connectivity index is 2.59. The highest BCUT2D eigenvalue weighted by Gasteiger charge is 2.20. The molecule has 2 aromatic carbocycles. The van der Waals surface area contributed by atoms with Crippen molar-refractivity contribution >= 4 is 23.4 Å². The molecule has 0 aliphatic rings. The Bertz CT molecular complexity index is 667. The zero-order valence-corrected chi connectivity index (χ0v) is 10.3. The fourth-order valence-electron chi connectivity index (χ4n) is 1.68. The summed E-state index contributed by atoms with van der Waals surface area (Å²) in [4.78, 5) is 23.2. The van der Waals surface area contributed by atoms with Gasteiger partial charge in [0, 0.05) is 10.6 Å². The Hall–Kier alpha value is -2.20. The first kappa shape index (κ1) is 13.2. The number of benzene rings is 2. The van der Waals surface area contributed by atoms with Crippen molar-refractivity contribution in [2.24, 2.45) is 0 Å². The molecule has 1 N–H and O–H groups in total. The van der Waals surface area contributed by atoms with Gasteiger partial charge in [-0.1, -0.05) is 23.7 Å². The fourth-order valence-corrected chi connectivity index (χ4v) is 1.85. The van der Waals surface area contributed by atoms with Gasteiger partial charge in [-0.15, -0.1) is 0 Å². The van der Waals surface area contributed by atoms with Crippen molar-refractivity contribution in [3.05, 3.63) is 70.0 Å². The van der Waals surface area contributed by atoms with E-state index in [-0.39, 0.29) is 21.7 Å². The maximum Gasteiger partial charge on any atom is 0.336 e. The van der Waals surface area contributed by atoms with Crippen LogP contribution in [-0.4, -0.2) is 16.9 Å². The third-order valence-electron chi connectivity index (χ3n) is 2.58. The van der Waals surface area contributed by atoms with E-state index in [2.05, 4.69) is 0 Å². The summed E-state index contributed by atoms with van der Waals surface area (Å²) in [6, 6.07) is 9.19. The molecule has 0 aliphatic heterocycles. The van der Waals surface area contributed by atoms with Gasteiger partial charge >= 0.3 is 5.97 Å². The van der Waals surface area contributed by atoms with Crippen LogP contribution < -0.4 is 0 Å². The first-order chi connectivity index (χ1) is 9.00. The monoisotopic (exact) mass is 278 g/mol. The summed E-state index contributed by atoms with van der Waals surface area (Å²) in [5, 5.41) is 9.25. The van der Waals surface area contributed by atoms with Crippen LogP contribution >= 0.6 is 11.6 Å². The minimum atomic E-state index is -1.27. The molecule has 5 heteroatoms. The van der Waals surface area contributed by atoms with Crippen molar-refractivity contribution in [3.8, 4) is 0 Å². The zero-order chi connectivity index (χ0) is 14.0. The molecule has 0 amide bonds. The van der Waals surface area contributed by atoms with Crippen LogP contribution in [0.2, 0.25) is 5.02 Å². The second-order valence-corrected chi connectivity index (χ2v) is 4.24. The molecular weight excluding hydrogens is 271 g/mol. The Kier molecular flexibility index (Phi) is 3.62. The van der Waals surface area contributed by atoms with Crippen molar-refractivity contribution in [3.63, 3.8) is 0 Å². The number of halogens is 2. The summed E-state index contributed by atoms with van der Waals surface area (Å²) in [5.41, 5.74) is -0.532. The van der Waals surface area contributed by atoms with Crippen LogP contribution in [0.5, 0.6) is 0 Å². The number of ketones is 1. The van der Waals surface area contributed by atoms with Crippen molar-refractivity contribution in [1.82, 2.24) is 0 Å². The van der Waals surface area contributed by atoms with E-state index in [1.165, 1.54) is 36.4 Å². The summed E-state index contributed by atoms with van der Waals surface area (Å²) in [7, 11) is 0. The molecule has 0 heterocycles. The normalized spacial score (nSPS) is 10.2. The molecule has 0 bridgehead atoms. The smallest absolute Gasteiger partial charge is 0.336 e. The average Bonchev–Trinajstić information content (AvgIpc) is 2.38. The Morgan fingerprint density at radius 2 is 1.68 bits per heavy atom. The molecule has 0 spiro atoms. The number of hydrogen-bond donors (Lipinski definition) is 1. The average molecular weight is 279 g/mol. The van der Waals surface area contributed by atoms with Crippen LogP contribution in [0.15, 0.2) is 42.5 Å². The van der Waals surface area contributed by atoms with Crippen LogP contribution in [0.4, 0.5) is 4.39 Å². The minimum Gasteiger partial charge on any atom is -0.478 e. The van der Waals surface area contributed by atoms with Crippen molar-refractivity contribution in [2.75, 3.05) is 0 Å². The molecule has 96 valence electrons. The predicted octanol–water partition coefficient (Wildman–Crippen LogP) is 3.41. The number of hydrogen-bond acceptors (Lipinski definition) is 2. The van der Waals surface area contributed by atoms with E-state index in [1.54, 1.807) is 0 Å². The summed E-state index contributed by atoms with van der Waals surface area (Å²) in [6.07, 6.45) is 0. The van der Waals surface area contributed by atoms with Gasteiger partial charge in [-0.2, -0.15) is 0 Å². The van der Waals surface area contributed by atoms with Crippen LogP contribution in [-0.2, 0) is 0 Å². The van der Waals surface area contributed by atoms with E-state index in [1.807, 2.05) is 0 Å². The van der Waals surface area contributed by atoms with Crippen molar-refractivity contribution in [1.29, 1.82) is 0 Å². The van der Waals surface area contributed by atoms with Gasteiger partial charge in [-0.05, 0) is 30.3 Å². The molecule has 3 nitrogen and oxygen atoms in total. The van der Waals surface area contributed by atoms with Gasteiger partial charge in [-0.3, -0.25) is 4.79 Å². The summed E-state index contributed by atoms with van der Waals surface area (Å²) in [5.74, 6) is -2.68. The lowest BCUT2D eigenvalue weighted by Crippen LogP contribution is -2.11. The third kappa shape index (κ3) is 2.63. The summed E-state index contributed by atoms with van der Waals surface area (Å²) >= 11 is 5.75. The number of carbonyl (C=O) groups is 2. The van der Waals surface area contributed by atoms with E-state index >= 15 is 0 Å². The van der Waals surface area contributed by atoms with E-state index in [9.17, 15) is 14.0 Å². The van der Waals surface area contributed by atoms with Gasteiger partial charge in [0.05, 0.1) is 11.1 Å². The fraction of sp³-hybridized carbons (Fsp3) is 0. The Morgan fingerprint density at radius 1 is 1.00 bits per heavy atom. The van der Waals surface area contributed by atoms with Gasteiger partial charge in [0.1, 0.15) is 5.82 Å². The first-order valence-corrected chi connectivity index (χ1v) is 5.70. The highest BCUT2D eigenvalue weighted by molar-refractivity contribution is 6.31. The molecule has 0 saturated heterocycles. The van der Waals surface area contributed by atoms with E-state index in [0.29, 0.717) is 0 Å². The number of rotatable bonds is 3. The van der Waals surface area contributed by atoms with Crippen LogP contribution in [0.25, 0.3) is 0 Å². The van der Waals surface area contributed by atoms with Crippen LogP contribution in [0.3, 0.4) is 0 Å². The molecule has 0 fully saturated rings. The largest absolute Gasteiger partial charge is 0.478 e. The third-order valence-corrected chi connectivity index (χ3v) is 2.81. The first-order valence-electron chi connectivity index (χ1n) is 5.33. The number of carboxylic acids is 1. The summed E-state index contributed by atoms with van der Waals surface area (Å²) in [6.45, 7) is 0.